The minimum Gasteiger partial charge on any atom is -0.478 e. The van der Waals surface area contributed by atoms with Crippen molar-refractivity contribution in [3.8, 4) is 0 Å². The second kappa shape index (κ2) is 3.53. The lowest BCUT2D eigenvalue weighted by molar-refractivity contribution is 0.0690. The summed E-state index contributed by atoms with van der Waals surface area (Å²) in [5.41, 5.74) is 0.0175. The molecule has 2 N–H and O–H groups in total. The summed E-state index contributed by atoms with van der Waals surface area (Å²) in [6.45, 7) is 1.39. The van der Waals surface area contributed by atoms with Crippen molar-refractivity contribution in [2.75, 3.05) is 0 Å². The van der Waals surface area contributed by atoms with E-state index in [-0.39, 0.29) is 11.1 Å². The van der Waals surface area contributed by atoms with Gasteiger partial charge in [-0.2, -0.15) is 0 Å². The van der Waals surface area contributed by atoms with Gasteiger partial charge in [0, 0.05) is 0 Å². The average Bonchev–Trinajstić information content (AvgIpc) is 2.03. The van der Waals surface area contributed by atoms with Crippen LogP contribution in [0.15, 0.2) is 18.2 Å². The topological polar surface area (TPSA) is 57.5 Å². The number of benzene rings is 1. The molecule has 0 spiro atoms. The van der Waals surface area contributed by atoms with Gasteiger partial charge in [-0.15, -0.1) is 0 Å². The summed E-state index contributed by atoms with van der Waals surface area (Å²) in [4.78, 5) is 10.6. The van der Waals surface area contributed by atoms with E-state index in [1.54, 1.807) is 0 Å². The third-order valence-electron chi connectivity index (χ3n) is 1.69. The van der Waals surface area contributed by atoms with Crippen molar-refractivity contribution in [2.24, 2.45) is 0 Å². The average molecular weight is 184 g/mol. The first-order valence-corrected chi connectivity index (χ1v) is 3.73. The third kappa shape index (κ3) is 2.03. The number of carboxylic acids is 1. The summed E-state index contributed by atoms with van der Waals surface area (Å²) < 4.78 is 12.7. The van der Waals surface area contributed by atoms with Gasteiger partial charge in [-0.3, -0.25) is 0 Å². The number of aliphatic hydroxyl groups is 1. The molecule has 0 amide bonds. The number of carbonyl (C=O) groups is 1. The first-order valence-electron chi connectivity index (χ1n) is 3.73. The van der Waals surface area contributed by atoms with Crippen LogP contribution in [0.2, 0.25) is 0 Å². The Bertz CT molecular complexity index is 334. The highest BCUT2D eigenvalue weighted by Gasteiger charge is 2.14. The fourth-order valence-electron chi connectivity index (χ4n) is 1.07. The predicted octanol–water partition coefficient (Wildman–Crippen LogP) is 1.58. The van der Waals surface area contributed by atoms with Crippen LogP contribution in [0.4, 0.5) is 4.39 Å². The minimum atomic E-state index is -1.17. The number of aliphatic hydroxyl groups excluding tert-OH is 1. The Morgan fingerprint density at radius 2 is 2.15 bits per heavy atom. The Labute approximate surface area is 74.4 Å². The van der Waals surface area contributed by atoms with E-state index < -0.39 is 17.9 Å². The summed E-state index contributed by atoms with van der Waals surface area (Å²) >= 11 is 0. The Kier molecular flexibility index (Phi) is 2.63. The van der Waals surface area contributed by atoms with E-state index in [9.17, 15) is 9.18 Å². The van der Waals surface area contributed by atoms with Crippen LogP contribution in [0.3, 0.4) is 0 Å². The zero-order chi connectivity index (χ0) is 10.0. The van der Waals surface area contributed by atoms with Crippen molar-refractivity contribution < 1.29 is 19.4 Å². The van der Waals surface area contributed by atoms with Gasteiger partial charge in [0.15, 0.2) is 0 Å². The van der Waals surface area contributed by atoms with Crippen LogP contribution in [0.5, 0.6) is 0 Å². The molecular weight excluding hydrogens is 175 g/mol. The Morgan fingerprint density at radius 1 is 1.54 bits per heavy atom. The maximum atomic E-state index is 12.7. The maximum Gasteiger partial charge on any atom is 0.336 e. The largest absolute Gasteiger partial charge is 0.478 e. The van der Waals surface area contributed by atoms with Crippen LogP contribution in [-0.2, 0) is 0 Å². The number of hydrogen-bond acceptors (Lipinski definition) is 2. The summed E-state index contributed by atoms with van der Waals surface area (Å²) in [6, 6.07) is 3.21. The molecule has 13 heavy (non-hydrogen) atoms. The molecule has 0 aliphatic carbocycles. The molecule has 0 saturated carbocycles. The smallest absolute Gasteiger partial charge is 0.336 e. The highest BCUT2D eigenvalue weighted by atomic mass is 19.1. The van der Waals surface area contributed by atoms with Crippen LogP contribution in [-0.4, -0.2) is 16.2 Å². The van der Waals surface area contributed by atoms with Crippen LogP contribution in [0.25, 0.3) is 0 Å². The van der Waals surface area contributed by atoms with Crippen molar-refractivity contribution in [3.63, 3.8) is 0 Å². The Morgan fingerprint density at radius 3 is 2.62 bits per heavy atom. The zero-order valence-electron chi connectivity index (χ0n) is 6.99. The van der Waals surface area contributed by atoms with Crippen molar-refractivity contribution in [1.29, 1.82) is 0 Å². The molecule has 0 radical (unpaired) electrons. The molecule has 0 aromatic heterocycles. The van der Waals surface area contributed by atoms with Gasteiger partial charge in [-0.25, -0.2) is 9.18 Å². The van der Waals surface area contributed by atoms with Gasteiger partial charge >= 0.3 is 5.97 Å². The van der Waals surface area contributed by atoms with Gasteiger partial charge < -0.3 is 10.2 Å². The molecule has 0 bridgehead atoms. The van der Waals surface area contributed by atoms with Crippen LogP contribution in [0.1, 0.15) is 28.9 Å². The maximum absolute atomic E-state index is 12.7. The normalized spacial score (nSPS) is 12.5. The van der Waals surface area contributed by atoms with E-state index in [2.05, 4.69) is 0 Å². The van der Waals surface area contributed by atoms with Gasteiger partial charge in [0.1, 0.15) is 5.82 Å². The molecule has 0 fully saturated rings. The Balaban J connectivity index is 3.26. The standard InChI is InChI=1S/C9H9FO3/c1-5(11)8-4-6(10)2-3-7(8)9(12)13/h2-5,11H,1H3,(H,12,13)/t5-/m0/s1. The third-order valence-corrected chi connectivity index (χ3v) is 1.69. The van der Waals surface area contributed by atoms with Crippen LogP contribution in [0, 0.1) is 5.82 Å². The second-order valence-corrected chi connectivity index (χ2v) is 2.71. The first kappa shape index (κ1) is 9.67. The lowest BCUT2D eigenvalue weighted by Crippen LogP contribution is -2.05. The van der Waals surface area contributed by atoms with Gasteiger partial charge in [-0.05, 0) is 30.7 Å². The quantitative estimate of drug-likeness (QED) is 0.733. The van der Waals surface area contributed by atoms with E-state index in [1.807, 2.05) is 0 Å². The number of aromatic carboxylic acids is 1. The number of rotatable bonds is 2. The molecule has 0 aliphatic heterocycles. The van der Waals surface area contributed by atoms with Crippen molar-refractivity contribution in [2.45, 2.75) is 13.0 Å². The van der Waals surface area contributed by atoms with E-state index in [1.165, 1.54) is 6.92 Å². The molecule has 0 aliphatic rings. The molecule has 1 aromatic rings. The van der Waals surface area contributed by atoms with Gasteiger partial charge in [0.2, 0.25) is 0 Å². The highest BCUT2D eigenvalue weighted by Crippen LogP contribution is 2.18. The number of halogens is 1. The first-order chi connectivity index (χ1) is 6.02. The number of hydrogen-bond donors (Lipinski definition) is 2. The van der Waals surface area contributed by atoms with E-state index in [0.717, 1.165) is 18.2 Å². The van der Waals surface area contributed by atoms with Crippen LogP contribution >= 0.6 is 0 Å². The summed E-state index contributed by atoms with van der Waals surface area (Å²) in [5.74, 6) is -1.73. The number of carboxylic acid groups (broad SMARTS) is 1. The second-order valence-electron chi connectivity index (χ2n) is 2.71. The molecule has 0 unspecified atom stereocenters. The fourth-order valence-corrected chi connectivity index (χ4v) is 1.07. The van der Waals surface area contributed by atoms with Gasteiger partial charge in [0.05, 0.1) is 11.7 Å². The summed E-state index contributed by atoms with van der Waals surface area (Å²) in [6.07, 6.45) is -0.984. The van der Waals surface area contributed by atoms with Crippen molar-refractivity contribution in [1.82, 2.24) is 0 Å². The van der Waals surface area contributed by atoms with Gasteiger partial charge in [0.25, 0.3) is 0 Å². The highest BCUT2D eigenvalue weighted by molar-refractivity contribution is 5.89. The van der Waals surface area contributed by atoms with Crippen molar-refractivity contribution in [3.05, 3.63) is 35.1 Å². The summed E-state index contributed by atoms with van der Waals surface area (Å²) in [7, 11) is 0. The van der Waals surface area contributed by atoms with E-state index in [0.29, 0.717) is 0 Å². The Hall–Kier alpha value is -1.42. The molecule has 3 nitrogen and oxygen atoms in total. The molecular formula is C9H9FO3. The molecule has 1 atom stereocenters. The molecule has 1 rings (SSSR count). The van der Waals surface area contributed by atoms with E-state index >= 15 is 0 Å². The van der Waals surface area contributed by atoms with Crippen LogP contribution < -0.4 is 0 Å². The zero-order valence-corrected chi connectivity index (χ0v) is 6.99. The lowest BCUT2D eigenvalue weighted by Gasteiger charge is -2.08. The fraction of sp³-hybridized carbons (Fsp3) is 0.222. The molecule has 0 saturated heterocycles. The molecule has 4 heteroatoms. The molecule has 1 aromatic carbocycles. The lowest BCUT2D eigenvalue weighted by atomic mass is 10.0. The molecule has 0 heterocycles. The van der Waals surface area contributed by atoms with Crippen molar-refractivity contribution >= 4 is 5.97 Å². The minimum absolute atomic E-state index is 0.0728. The van der Waals surface area contributed by atoms with E-state index in [4.69, 9.17) is 10.2 Å². The predicted molar refractivity (Wildman–Crippen MR) is 44.0 cm³/mol. The SMILES string of the molecule is C[C@H](O)c1cc(F)ccc1C(=O)O. The molecule has 70 valence electrons. The summed E-state index contributed by atoms with van der Waals surface area (Å²) in [5, 5.41) is 17.8. The monoisotopic (exact) mass is 184 g/mol. The van der Waals surface area contributed by atoms with Gasteiger partial charge in [-0.1, -0.05) is 0 Å².